The summed E-state index contributed by atoms with van der Waals surface area (Å²) < 4.78 is 0. The Balaban J connectivity index is 1.37. The van der Waals surface area contributed by atoms with Crippen LogP contribution in [-0.4, -0.2) is 22.0 Å². The molecule has 4 rings (SSSR count). The number of hydrogen-bond acceptors (Lipinski definition) is 5. The van der Waals surface area contributed by atoms with Crippen molar-refractivity contribution in [2.24, 2.45) is 0 Å². The van der Waals surface area contributed by atoms with E-state index in [4.69, 9.17) is 23.2 Å². The molecule has 0 aliphatic carbocycles. The van der Waals surface area contributed by atoms with Crippen LogP contribution < -0.4 is 10.6 Å². The number of anilines is 2. The van der Waals surface area contributed by atoms with Crippen molar-refractivity contribution < 1.29 is 9.59 Å². The van der Waals surface area contributed by atoms with Gasteiger partial charge in [0.15, 0.2) is 5.13 Å². The quantitative estimate of drug-likeness (QED) is 0.206. The van der Waals surface area contributed by atoms with Crippen LogP contribution in [0.1, 0.15) is 18.9 Å². The van der Waals surface area contributed by atoms with Gasteiger partial charge in [-0.05, 0) is 48.4 Å². The molecule has 2 amide bonds. The molecule has 0 saturated carbocycles. The molecule has 3 aromatic carbocycles. The Labute approximate surface area is 228 Å². The molecule has 0 aliphatic rings. The third kappa shape index (κ3) is 7.11. The number of aromatic nitrogens is 1. The lowest BCUT2D eigenvalue weighted by Crippen LogP contribution is -2.24. The van der Waals surface area contributed by atoms with Crippen LogP contribution in [0.25, 0.3) is 11.3 Å². The number of halogens is 2. The molecule has 1 heterocycles. The maximum absolute atomic E-state index is 13.0. The molecule has 0 aliphatic heterocycles. The summed E-state index contributed by atoms with van der Waals surface area (Å²) in [6, 6.07) is 22.3. The summed E-state index contributed by atoms with van der Waals surface area (Å²) in [5.41, 5.74) is 3.08. The van der Waals surface area contributed by atoms with Crippen molar-refractivity contribution in [1.29, 1.82) is 0 Å². The fraction of sp³-hybridized carbons (Fsp3) is 0.148. The highest BCUT2D eigenvalue weighted by Gasteiger charge is 2.20. The van der Waals surface area contributed by atoms with Crippen LogP contribution in [0, 0.1) is 0 Å². The van der Waals surface area contributed by atoms with E-state index in [1.54, 1.807) is 12.1 Å². The van der Waals surface area contributed by atoms with E-state index in [0.717, 1.165) is 16.0 Å². The Hall–Kier alpha value is -2.84. The van der Waals surface area contributed by atoms with E-state index in [0.29, 0.717) is 39.4 Å². The molecule has 0 bridgehead atoms. The first-order valence-corrected chi connectivity index (χ1v) is 13.7. The molecule has 0 radical (unpaired) electrons. The standard InChI is InChI=1S/C27H23Cl2N3O2S2/c1-2-24(26(34)32-27-31-23(16-35-27)21-12-11-18(28)14-22(21)29)36-20-10-6-9-19(15-20)30-25(33)13-17-7-4-3-5-8-17/h3-12,14-16,24H,2,13H2,1H3,(H,30,33)(H,31,32,34). The van der Waals surface area contributed by atoms with Gasteiger partial charge in [0.25, 0.3) is 0 Å². The van der Waals surface area contributed by atoms with Gasteiger partial charge in [-0.3, -0.25) is 9.59 Å². The zero-order valence-electron chi connectivity index (χ0n) is 19.3. The zero-order valence-corrected chi connectivity index (χ0v) is 22.5. The lowest BCUT2D eigenvalue weighted by atomic mass is 10.1. The minimum atomic E-state index is -0.327. The van der Waals surface area contributed by atoms with Crippen LogP contribution in [0.4, 0.5) is 10.8 Å². The minimum absolute atomic E-state index is 0.0894. The molecule has 1 aromatic heterocycles. The molecule has 184 valence electrons. The number of nitrogens with zero attached hydrogens (tertiary/aromatic N) is 1. The highest BCUT2D eigenvalue weighted by molar-refractivity contribution is 8.00. The summed E-state index contributed by atoms with van der Waals surface area (Å²) in [5, 5.41) is 8.93. The number of hydrogen-bond donors (Lipinski definition) is 2. The molecular formula is C27H23Cl2N3O2S2. The van der Waals surface area contributed by atoms with Gasteiger partial charge in [0, 0.05) is 26.5 Å². The molecule has 36 heavy (non-hydrogen) atoms. The SMILES string of the molecule is CCC(Sc1cccc(NC(=O)Cc2ccccc2)c1)C(=O)Nc1nc(-c2ccc(Cl)cc2Cl)cs1. The van der Waals surface area contributed by atoms with Crippen molar-refractivity contribution in [3.05, 3.63) is 93.8 Å². The first kappa shape index (κ1) is 26.2. The molecule has 5 nitrogen and oxygen atoms in total. The third-order valence-corrected chi connectivity index (χ3v) is 7.87. The number of amides is 2. The van der Waals surface area contributed by atoms with Gasteiger partial charge in [-0.2, -0.15) is 0 Å². The molecular weight excluding hydrogens is 533 g/mol. The summed E-state index contributed by atoms with van der Waals surface area (Å²) in [5.74, 6) is -0.224. The van der Waals surface area contributed by atoms with Crippen molar-refractivity contribution in [2.75, 3.05) is 10.6 Å². The molecule has 9 heteroatoms. The number of thioether (sulfide) groups is 1. The van der Waals surface area contributed by atoms with Crippen LogP contribution in [0.3, 0.4) is 0 Å². The first-order valence-electron chi connectivity index (χ1n) is 11.2. The van der Waals surface area contributed by atoms with Crippen molar-refractivity contribution in [1.82, 2.24) is 4.98 Å². The number of carbonyl (C=O) groups excluding carboxylic acids is 2. The second kappa shape index (κ2) is 12.4. The van der Waals surface area contributed by atoms with Crippen molar-refractivity contribution >= 4 is 68.9 Å². The Kier molecular flexibility index (Phi) is 9.04. The van der Waals surface area contributed by atoms with Crippen LogP contribution in [0.2, 0.25) is 10.0 Å². The van der Waals surface area contributed by atoms with Gasteiger partial charge in [-0.1, -0.05) is 66.5 Å². The third-order valence-electron chi connectivity index (χ3n) is 5.21. The van der Waals surface area contributed by atoms with Gasteiger partial charge in [-0.25, -0.2) is 4.98 Å². The summed E-state index contributed by atoms with van der Waals surface area (Å²) in [6.07, 6.45) is 0.928. The molecule has 1 unspecified atom stereocenters. The molecule has 0 spiro atoms. The Morgan fingerprint density at radius 1 is 1.00 bits per heavy atom. The average molecular weight is 557 g/mol. The summed E-state index contributed by atoms with van der Waals surface area (Å²) in [7, 11) is 0. The number of rotatable bonds is 9. The van der Waals surface area contributed by atoms with E-state index in [2.05, 4.69) is 15.6 Å². The molecule has 4 aromatic rings. The second-order valence-corrected chi connectivity index (χ2v) is 10.9. The zero-order chi connectivity index (χ0) is 25.5. The number of carbonyl (C=O) groups is 2. The van der Waals surface area contributed by atoms with E-state index >= 15 is 0 Å². The number of benzene rings is 3. The fourth-order valence-electron chi connectivity index (χ4n) is 3.46. The largest absolute Gasteiger partial charge is 0.326 e. The lowest BCUT2D eigenvalue weighted by Gasteiger charge is -2.14. The van der Waals surface area contributed by atoms with Gasteiger partial charge < -0.3 is 10.6 Å². The van der Waals surface area contributed by atoms with Crippen LogP contribution >= 0.6 is 46.3 Å². The summed E-state index contributed by atoms with van der Waals surface area (Å²) in [6.45, 7) is 1.96. The first-order chi connectivity index (χ1) is 17.4. The predicted octanol–water partition coefficient (Wildman–Crippen LogP) is 7.81. The minimum Gasteiger partial charge on any atom is -0.326 e. The van der Waals surface area contributed by atoms with Gasteiger partial charge in [0.05, 0.1) is 22.4 Å². The average Bonchev–Trinajstić information content (AvgIpc) is 3.31. The van der Waals surface area contributed by atoms with Gasteiger partial charge in [0.1, 0.15) is 0 Å². The maximum atomic E-state index is 13.0. The smallest absolute Gasteiger partial charge is 0.239 e. The fourth-order valence-corrected chi connectivity index (χ4v) is 5.69. The monoisotopic (exact) mass is 555 g/mol. The van der Waals surface area contributed by atoms with Gasteiger partial charge >= 0.3 is 0 Å². The lowest BCUT2D eigenvalue weighted by molar-refractivity contribution is -0.116. The van der Waals surface area contributed by atoms with Crippen LogP contribution in [0.15, 0.2) is 83.1 Å². The topological polar surface area (TPSA) is 71.1 Å². The van der Waals surface area contributed by atoms with Crippen LogP contribution in [0.5, 0.6) is 0 Å². The maximum Gasteiger partial charge on any atom is 0.239 e. The van der Waals surface area contributed by atoms with Gasteiger partial charge in [0.2, 0.25) is 11.8 Å². The van der Waals surface area contributed by atoms with E-state index < -0.39 is 0 Å². The second-order valence-electron chi connectivity index (χ2n) is 7.90. The Bertz CT molecular complexity index is 1360. The van der Waals surface area contributed by atoms with E-state index in [1.165, 1.54) is 23.1 Å². The molecule has 1 atom stereocenters. The van der Waals surface area contributed by atoms with Crippen molar-refractivity contribution in [3.8, 4) is 11.3 Å². The Morgan fingerprint density at radius 3 is 2.56 bits per heavy atom. The normalized spacial score (nSPS) is 11.6. The Morgan fingerprint density at radius 2 is 1.81 bits per heavy atom. The van der Waals surface area contributed by atoms with Crippen molar-refractivity contribution in [3.63, 3.8) is 0 Å². The molecule has 0 saturated heterocycles. The van der Waals surface area contributed by atoms with E-state index in [9.17, 15) is 9.59 Å². The molecule has 2 N–H and O–H groups in total. The van der Waals surface area contributed by atoms with Crippen molar-refractivity contribution in [2.45, 2.75) is 29.9 Å². The highest BCUT2D eigenvalue weighted by Crippen LogP contribution is 2.33. The van der Waals surface area contributed by atoms with Crippen LogP contribution in [-0.2, 0) is 16.0 Å². The van der Waals surface area contributed by atoms with Gasteiger partial charge in [-0.15, -0.1) is 23.1 Å². The van der Waals surface area contributed by atoms with E-state index in [1.807, 2.05) is 73.0 Å². The van der Waals surface area contributed by atoms with E-state index in [-0.39, 0.29) is 17.1 Å². The highest BCUT2D eigenvalue weighted by atomic mass is 35.5. The predicted molar refractivity (Wildman–Crippen MR) is 151 cm³/mol. The summed E-state index contributed by atoms with van der Waals surface area (Å²) >= 11 is 15.1. The summed E-state index contributed by atoms with van der Waals surface area (Å²) in [4.78, 5) is 30.8. The number of thiazole rings is 1. The number of nitrogens with one attached hydrogen (secondary N) is 2. The molecule has 0 fully saturated rings.